The van der Waals surface area contributed by atoms with Gasteiger partial charge in [0.2, 0.25) is 0 Å². The molecule has 2 radical (unpaired) electrons. The lowest BCUT2D eigenvalue weighted by atomic mass is 9.66. The molecule has 0 aliphatic heterocycles. The topological polar surface area (TPSA) is 104 Å². The first-order valence-electron chi connectivity index (χ1n) is 19.7. The molecule has 57 heavy (non-hydrogen) atoms. The monoisotopic (exact) mass is 773 g/mol. The third kappa shape index (κ3) is 13.5. The smallest absolute Gasteiger partial charge is 0.310 e. The van der Waals surface area contributed by atoms with Gasteiger partial charge in [-0.15, -0.1) is 0 Å². The van der Waals surface area contributed by atoms with E-state index in [1.54, 1.807) is 6.42 Å². The Labute approximate surface area is 340 Å². The highest BCUT2D eigenvalue weighted by molar-refractivity contribution is 5.81. The molecule has 302 valence electrons. The molecule has 0 spiro atoms. The SMILES string of the molecule is CCOC(C)Oc1ccc(C(C(C)c2ccc(OC(C)=O)cc2)C(c2ccc(OC(C)(C)C)cc2)C(C)c2ccc(C(C#N)[CH][CH]C(=O)OC(C)(C)C)cc2)cc1. The van der Waals surface area contributed by atoms with E-state index in [-0.39, 0.29) is 41.5 Å². The summed E-state index contributed by atoms with van der Waals surface area (Å²) in [6, 6.07) is 34.8. The summed E-state index contributed by atoms with van der Waals surface area (Å²) in [5.41, 5.74) is 4.26. The number of nitriles is 1. The van der Waals surface area contributed by atoms with Crippen molar-refractivity contribution in [2.24, 2.45) is 0 Å². The van der Waals surface area contributed by atoms with Gasteiger partial charge in [0.25, 0.3) is 0 Å². The number of rotatable bonds is 17. The van der Waals surface area contributed by atoms with Crippen LogP contribution in [-0.2, 0) is 19.1 Å². The summed E-state index contributed by atoms with van der Waals surface area (Å²) in [5, 5.41) is 10.1. The maximum absolute atomic E-state index is 12.4. The Balaban J connectivity index is 1.79. The van der Waals surface area contributed by atoms with Crippen molar-refractivity contribution in [3.8, 4) is 23.3 Å². The molecule has 0 aliphatic rings. The molecule has 6 atom stereocenters. The highest BCUT2D eigenvalue weighted by Crippen LogP contribution is 2.50. The molecule has 0 saturated carbocycles. The van der Waals surface area contributed by atoms with Crippen LogP contribution in [0.1, 0.15) is 134 Å². The zero-order chi connectivity index (χ0) is 41.9. The molecule has 0 amide bonds. The summed E-state index contributed by atoms with van der Waals surface area (Å²) < 4.78 is 28.7. The van der Waals surface area contributed by atoms with Gasteiger partial charge in [-0.1, -0.05) is 74.5 Å². The number of carbonyl (C=O) groups is 2. The molecule has 8 nitrogen and oxygen atoms in total. The van der Waals surface area contributed by atoms with Gasteiger partial charge < -0.3 is 23.7 Å². The summed E-state index contributed by atoms with van der Waals surface area (Å²) in [4.78, 5) is 24.1. The van der Waals surface area contributed by atoms with E-state index in [0.29, 0.717) is 18.1 Å². The molecule has 4 aromatic rings. The van der Waals surface area contributed by atoms with Crippen molar-refractivity contribution in [2.75, 3.05) is 6.61 Å². The van der Waals surface area contributed by atoms with Crippen LogP contribution in [-0.4, -0.2) is 36.0 Å². The first-order valence-corrected chi connectivity index (χ1v) is 19.7. The van der Waals surface area contributed by atoms with Crippen LogP contribution in [0.5, 0.6) is 17.2 Å². The Bertz CT molecular complexity index is 1920. The number of nitrogens with zero attached hydrogens (tertiary/aromatic N) is 1. The van der Waals surface area contributed by atoms with Crippen LogP contribution in [0.15, 0.2) is 97.1 Å². The molecular formula is C49H59NO7. The molecule has 0 N–H and O–H groups in total. The zero-order valence-electron chi connectivity index (χ0n) is 35.4. The van der Waals surface area contributed by atoms with Crippen LogP contribution in [0.4, 0.5) is 0 Å². The predicted octanol–water partition coefficient (Wildman–Crippen LogP) is 11.4. The number of ether oxygens (including phenoxy) is 5. The molecule has 0 aromatic heterocycles. The molecule has 0 fully saturated rings. The summed E-state index contributed by atoms with van der Waals surface area (Å²) in [5.74, 6) is 0.432. The van der Waals surface area contributed by atoms with Gasteiger partial charge in [-0.2, -0.15) is 5.26 Å². The van der Waals surface area contributed by atoms with Gasteiger partial charge in [-0.05, 0) is 150 Å². The van der Waals surface area contributed by atoms with Crippen molar-refractivity contribution in [3.05, 3.63) is 138 Å². The first-order chi connectivity index (χ1) is 26.9. The van der Waals surface area contributed by atoms with Crippen LogP contribution >= 0.6 is 0 Å². The Morgan fingerprint density at radius 3 is 1.53 bits per heavy atom. The lowest BCUT2D eigenvalue weighted by molar-refractivity contribution is -0.150. The second-order valence-electron chi connectivity index (χ2n) is 16.5. The van der Waals surface area contributed by atoms with Crippen molar-refractivity contribution in [2.45, 2.75) is 123 Å². The van der Waals surface area contributed by atoms with Crippen molar-refractivity contribution in [1.82, 2.24) is 0 Å². The van der Waals surface area contributed by atoms with Gasteiger partial charge in [0.15, 0.2) is 6.29 Å². The van der Waals surface area contributed by atoms with E-state index in [2.05, 4.69) is 56.3 Å². The average molecular weight is 774 g/mol. The van der Waals surface area contributed by atoms with Gasteiger partial charge in [-0.3, -0.25) is 9.59 Å². The van der Waals surface area contributed by atoms with E-state index in [1.807, 2.05) is 116 Å². The van der Waals surface area contributed by atoms with E-state index in [4.69, 9.17) is 23.7 Å². The Morgan fingerprint density at radius 2 is 1.09 bits per heavy atom. The third-order valence-corrected chi connectivity index (χ3v) is 9.58. The molecule has 6 unspecified atom stereocenters. The predicted molar refractivity (Wildman–Crippen MR) is 224 cm³/mol. The van der Waals surface area contributed by atoms with Crippen LogP contribution in [0.25, 0.3) is 0 Å². The molecule has 0 bridgehead atoms. The maximum atomic E-state index is 12.4. The maximum Gasteiger partial charge on any atom is 0.310 e. The van der Waals surface area contributed by atoms with Crippen LogP contribution in [0.2, 0.25) is 0 Å². The molecular weight excluding hydrogens is 715 g/mol. The number of hydrogen-bond acceptors (Lipinski definition) is 8. The average Bonchev–Trinajstić information content (AvgIpc) is 3.13. The fourth-order valence-corrected chi connectivity index (χ4v) is 7.12. The molecule has 0 aliphatic carbocycles. The Hall–Kier alpha value is -5.13. The summed E-state index contributed by atoms with van der Waals surface area (Å²) in [7, 11) is 0. The molecule has 0 saturated heterocycles. The molecule has 4 aromatic carbocycles. The third-order valence-electron chi connectivity index (χ3n) is 9.58. The summed E-state index contributed by atoms with van der Waals surface area (Å²) >= 11 is 0. The van der Waals surface area contributed by atoms with Crippen molar-refractivity contribution >= 4 is 11.9 Å². The molecule has 0 heterocycles. The highest BCUT2D eigenvalue weighted by Gasteiger charge is 2.35. The van der Waals surface area contributed by atoms with E-state index in [9.17, 15) is 14.9 Å². The zero-order valence-corrected chi connectivity index (χ0v) is 35.4. The van der Waals surface area contributed by atoms with Crippen LogP contribution in [0, 0.1) is 24.2 Å². The highest BCUT2D eigenvalue weighted by atomic mass is 16.7. The van der Waals surface area contributed by atoms with E-state index in [0.717, 1.165) is 33.6 Å². The van der Waals surface area contributed by atoms with Gasteiger partial charge in [0, 0.05) is 13.5 Å². The quantitative estimate of drug-likeness (QED) is 0.0593. The number of hydrogen-bond donors (Lipinski definition) is 0. The number of benzene rings is 4. The minimum atomic E-state index is -0.626. The fourth-order valence-electron chi connectivity index (χ4n) is 7.12. The Morgan fingerprint density at radius 1 is 0.649 bits per heavy atom. The van der Waals surface area contributed by atoms with E-state index in [1.165, 1.54) is 13.3 Å². The standard InChI is InChI=1S/C49H59NO7/c1-12-53-35(5)55-43-26-19-39(20-27-43)47(33(3)37-17-24-42(25-18-37)54-34(4)51)46(40-21-28-44(29-22-40)56-48(6,7)8)32(2)36-13-15-38(16-14-36)41(31-50)23-30-45(52)57-49(9,10)11/h13-30,32-33,35,41,46-47H,12H2,1-11H3. The lowest BCUT2D eigenvalue weighted by Crippen LogP contribution is -2.24. The number of esters is 2. The second-order valence-corrected chi connectivity index (χ2v) is 16.5. The second kappa shape index (κ2) is 19.8. The van der Waals surface area contributed by atoms with Gasteiger partial charge in [0.05, 0.1) is 18.4 Å². The lowest BCUT2D eigenvalue weighted by Gasteiger charge is -2.37. The van der Waals surface area contributed by atoms with Crippen molar-refractivity contribution in [3.63, 3.8) is 0 Å². The minimum absolute atomic E-state index is 0.00341. The van der Waals surface area contributed by atoms with Crippen molar-refractivity contribution in [1.29, 1.82) is 5.26 Å². The van der Waals surface area contributed by atoms with E-state index < -0.39 is 17.5 Å². The fraction of sp³-hybridized carbons (Fsp3) is 0.408. The van der Waals surface area contributed by atoms with Crippen molar-refractivity contribution < 1.29 is 33.3 Å². The van der Waals surface area contributed by atoms with Crippen LogP contribution < -0.4 is 14.2 Å². The van der Waals surface area contributed by atoms with Gasteiger partial charge >= 0.3 is 11.9 Å². The van der Waals surface area contributed by atoms with Gasteiger partial charge in [-0.25, -0.2) is 0 Å². The number of carbonyl (C=O) groups excluding carboxylic acids is 2. The minimum Gasteiger partial charge on any atom is -0.488 e. The molecule has 8 heteroatoms. The first kappa shape index (κ1) is 44.6. The normalized spacial score (nSPS) is 14.9. The van der Waals surface area contributed by atoms with Gasteiger partial charge in [0.1, 0.15) is 28.5 Å². The largest absolute Gasteiger partial charge is 0.488 e. The molecule has 4 rings (SSSR count). The summed E-state index contributed by atoms with van der Waals surface area (Å²) in [6.07, 6.45) is 2.53. The summed E-state index contributed by atoms with van der Waals surface area (Å²) in [6.45, 7) is 21.8. The Kier molecular flexibility index (Phi) is 15.5. The van der Waals surface area contributed by atoms with Crippen LogP contribution in [0.3, 0.4) is 0 Å². The van der Waals surface area contributed by atoms with E-state index >= 15 is 0 Å².